The molecule has 4 rings (SSSR count). The predicted molar refractivity (Wildman–Crippen MR) is 123 cm³/mol. The Hall–Kier alpha value is -3.19. The minimum atomic E-state index is -4.58. The van der Waals surface area contributed by atoms with Crippen LogP contribution in [-0.2, 0) is 6.18 Å². The molecule has 0 saturated heterocycles. The van der Waals surface area contributed by atoms with Crippen molar-refractivity contribution < 1.29 is 31.1 Å². The molecule has 2 aromatic carbocycles. The number of carbonyl (C=O) groups is 1. The van der Waals surface area contributed by atoms with Gasteiger partial charge in [-0.1, -0.05) is 23.7 Å². The van der Waals surface area contributed by atoms with Crippen LogP contribution in [0.25, 0.3) is 0 Å². The normalized spacial score (nSPS) is 16.6. The number of hydrogen-bond donors (Lipinski definition) is 1. The van der Waals surface area contributed by atoms with Gasteiger partial charge in [-0.25, -0.2) is 9.80 Å². The van der Waals surface area contributed by atoms with Crippen LogP contribution in [0.1, 0.15) is 23.6 Å². The van der Waals surface area contributed by atoms with Gasteiger partial charge in [-0.2, -0.15) is 36.5 Å². The molecule has 1 unspecified atom stereocenters. The summed E-state index contributed by atoms with van der Waals surface area (Å²) in [7, 11) is 0. The molecule has 36 heavy (non-hydrogen) atoms. The van der Waals surface area contributed by atoms with E-state index in [9.17, 15) is 31.1 Å². The van der Waals surface area contributed by atoms with Crippen molar-refractivity contribution in [2.24, 2.45) is 5.10 Å². The zero-order valence-electron chi connectivity index (χ0n) is 18.0. The average Bonchev–Trinajstić information content (AvgIpc) is 3.24. The maximum Gasteiger partial charge on any atom is 0.446 e. The van der Waals surface area contributed by atoms with Gasteiger partial charge in [0, 0.05) is 28.9 Å². The highest BCUT2D eigenvalue weighted by atomic mass is 35.5. The fraction of sp³-hybridized carbons (Fsp3) is 0.227. The number of nitrogens with one attached hydrogen (secondary N) is 1. The van der Waals surface area contributed by atoms with Gasteiger partial charge >= 0.3 is 17.7 Å². The highest BCUT2D eigenvalue weighted by Gasteiger charge is 2.34. The molecule has 2 amide bonds. The second-order valence-corrected chi connectivity index (χ2v) is 9.21. The molecule has 0 fully saturated rings. The third-order valence-corrected chi connectivity index (χ3v) is 6.04. The SMILES string of the molecule is O=C(Nc1ccc(SC(F)(F)F)cc1)N1CCC(n2cc(Cl)cn2)C(c2cccc(C(F)(F)F)c2)=N1. The Kier molecular flexibility index (Phi) is 7.23. The number of hydrogen-bond acceptors (Lipinski definition) is 4. The summed E-state index contributed by atoms with van der Waals surface area (Å²) in [5, 5.41) is 12.4. The zero-order chi connectivity index (χ0) is 26.1. The third kappa shape index (κ3) is 6.32. The van der Waals surface area contributed by atoms with Crippen LogP contribution in [0.2, 0.25) is 5.02 Å². The first-order valence-corrected chi connectivity index (χ1v) is 11.5. The van der Waals surface area contributed by atoms with Crippen molar-refractivity contribution >= 4 is 40.8 Å². The molecular formula is C22H16ClF6N5OS. The number of hydrazone groups is 1. The maximum atomic E-state index is 13.3. The lowest BCUT2D eigenvalue weighted by Gasteiger charge is -2.30. The molecule has 0 bridgehead atoms. The molecule has 1 aromatic heterocycles. The van der Waals surface area contributed by atoms with Gasteiger partial charge in [0.05, 0.1) is 28.5 Å². The van der Waals surface area contributed by atoms with Gasteiger partial charge in [-0.3, -0.25) is 4.68 Å². The molecule has 3 aromatic rings. The summed E-state index contributed by atoms with van der Waals surface area (Å²) in [5.74, 6) is 0. The third-order valence-electron chi connectivity index (χ3n) is 5.11. The molecule has 1 N–H and O–H groups in total. The molecule has 0 radical (unpaired) electrons. The quantitative estimate of drug-likeness (QED) is 0.281. The van der Waals surface area contributed by atoms with Gasteiger partial charge in [-0.15, -0.1) is 0 Å². The number of halogens is 7. The Morgan fingerprint density at radius 1 is 1.08 bits per heavy atom. The fourth-order valence-corrected chi connectivity index (χ4v) is 4.23. The Bertz CT molecular complexity index is 1270. The Morgan fingerprint density at radius 3 is 2.42 bits per heavy atom. The lowest BCUT2D eigenvalue weighted by atomic mass is 9.97. The van der Waals surface area contributed by atoms with Crippen molar-refractivity contribution in [3.63, 3.8) is 0 Å². The number of rotatable bonds is 4. The summed E-state index contributed by atoms with van der Waals surface area (Å²) in [5.41, 5.74) is -4.78. The van der Waals surface area contributed by atoms with Crippen LogP contribution in [-0.4, -0.2) is 38.6 Å². The Balaban J connectivity index is 1.61. The van der Waals surface area contributed by atoms with E-state index in [1.54, 1.807) is 0 Å². The molecule has 14 heteroatoms. The molecule has 0 saturated carbocycles. The van der Waals surface area contributed by atoms with Crippen LogP contribution in [0, 0.1) is 0 Å². The highest BCUT2D eigenvalue weighted by molar-refractivity contribution is 8.00. The topological polar surface area (TPSA) is 62.5 Å². The molecule has 0 spiro atoms. The van der Waals surface area contributed by atoms with E-state index >= 15 is 0 Å². The van der Waals surface area contributed by atoms with E-state index in [4.69, 9.17) is 11.6 Å². The fourth-order valence-electron chi connectivity index (χ4n) is 3.55. The highest BCUT2D eigenvalue weighted by Crippen LogP contribution is 2.37. The second kappa shape index (κ2) is 10.1. The van der Waals surface area contributed by atoms with Crippen LogP contribution in [0.4, 0.5) is 36.8 Å². The maximum absolute atomic E-state index is 13.3. The number of aromatic nitrogens is 2. The van der Waals surface area contributed by atoms with E-state index in [2.05, 4.69) is 15.5 Å². The number of alkyl halides is 6. The van der Waals surface area contributed by atoms with E-state index in [-0.39, 0.29) is 46.6 Å². The van der Waals surface area contributed by atoms with E-state index in [0.29, 0.717) is 5.02 Å². The number of benzene rings is 2. The molecule has 0 aliphatic carbocycles. The van der Waals surface area contributed by atoms with Gasteiger partial charge in [0.25, 0.3) is 0 Å². The van der Waals surface area contributed by atoms with E-state index < -0.39 is 29.3 Å². The molecular weight excluding hydrogens is 532 g/mol. The van der Waals surface area contributed by atoms with Crippen molar-refractivity contribution in [2.45, 2.75) is 29.0 Å². The van der Waals surface area contributed by atoms with Crippen molar-refractivity contribution in [2.75, 3.05) is 11.9 Å². The van der Waals surface area contributed by atoms with Crippen LogP contribution in [0.3, 0.4) is 0 Å². The summed E-state index contributed by atoms with van der Waals surface area (Å²) >= 11 is 5.68. The molecule has 1 aliphatic rings. The van der Waals surface area contributed by atoms with Crippen molar-refractivity contribution in [3.8, 4) is 0 Å². The summed E-state index contributed by atoms with van der Waals surface area (Å²) in [4.78, 5) is 12.8. The predicted octanol–water partition coefficient (Wildman–Crippen LogP) is 7.05. The van der Waals surface area contributed by atoms with Crippen LogP contribution >= 0.6 is 23.4 Å². The number of amides is 2. The van der Waals surface area contributed by atoms with Gasteiger partial charge in [0.15, 0.2) is 0 Å². The van der Waals surface area contributed by atoms with Gasteiger partial charge in [-0.05, 0) is 54.6 Å². The minimum absolute atomic E-state index is 0.0518. The van der Waals surface area contributed by atoms with E-state index in [1.807, 2.05) is 0 Å². The number of carbonyl (C=O) groups excluding carboxylic acids is 1. The summed E-state index contributed by atoms with van der Waals surface area (Å²) in [6.07, 6.45) is -1.43. The van der Waals surface area contributed by atoms with Gasteiger partial charge < -0.3 is 5.32 Å². The van der Waals surface area contributed by atoms with Crippen molar-refractivity contribution in [3.05, 3.63) is 77.1 Å². The van der Waals surface area contributed by atoms with E-state index in [1.165, 1.54) is 53.5 Å². The summed E-state index contributed by atoms with van der Waals surface area (Å²) < 4.78 is 78.9. The van der Waals surface area contributed by atoms with Crippen molar-refractivity contribution in [1.29, 1.82) is 0 Å². The summed E-state index contributed by atoms with van der Waals surface area (Å²) in [6, 6.07) is 8.29. The lowest BCUT2D eigenvalue weighted by molar-refractivity contribution is -0.137. The number of thioether (sulfide) groups is 1. The Morgan fingerprint density at radius 2 is 1.81 bits per heavy atom. The monoisotopic (exact) mass is 547 g/mol. The second-order valence-electron chi connectivity index (χ2n) is 7.63. The van der Waals surface area contributed by atoms with Crippen LogP contribution < -0.4 is 5.32 Å². The first kappa shape index (κ1) is 25.9. The molecule has 2 heterocycles. The van der Waals surface area contributed by atoms with Crippen molar-refractivity contribution in [1.82, 2.24) is 14.8 Å². The molecule has 1 aliphatic heterocycles. The standard InChI is InChI=1S/C22H16ClF6N5OS/c23-15-11-30-34(12-15)18-8-9-33(32-19(18)13-2-1-3-14(10-13)21(24,25)26)20(35)31-16-4-6-17(7-5-16)36-22(27,28)29/h1-7,10-12,18H,8-9H2,(H,31,35). The molecule has 1 atom stereocenters. The van der Waals surface area contributed by atoms with E-state index in [0.717, 1.165) is 17.1 Å². The first-order chi connectivity index (χ1) is 16.9. The smallest absolute Gasteiger partial charge is 0.306 e. The zero-order valence-corrected chi connectivity index (χ0v) is 19.6. The molecule has 6 nitrogen and oxygen atoms in total. The minimum Gasteiger partial charge on any atom is -0.306 e. The number of nitrogens with zero attached hydrogens (tertiary/aromatic N) is 4. The van der Waals surface area contributed by atoms with Crippen LogP contribution in [0.15, 0.2) is 70.9 Å². The number of urea groups is 1. The molecule has 190 valence electrons. The average molecular weight is 548 g/mol. The van der Waals surface area contributed by atoms with Gasteiger partial charge in [0.2, 0.25) is 0 Å². The van der Waals surface area contributed by atoms with Gasteiger partial charge in [0.1, 0.15) is 0 Å². The first-order valence-electron chi connectivity index (χ1n) is 10.3. The summed E-state index contributed by atoms with van der Waals surface area (Å²) in [6.45, 7) is 0.0957. The largest absolute Gasteiger partial charge is 0.446 e. The number of anilines is 1. The van der Waals surface area contributed by atoms with Crippen LogP contribution in [0.5, 0.6) is 0 Å². The Labute approximate surface area is 209 Å². The lowest BCUT2D eigenvalue weighted by Crippen LogP contribution is -2.39.